The molecule has 0 amide bonds. The van der Waals surface area contributed by atoms with Crippen LogP contribution in [0.4, 0.5) is 17.6 Å². The molecule has 0 aromatic rings. The quantitative estimate of drug-likeness (QED) is 0.524. The van der Waals surface area contributed by atoms with Crippen LogP contribution in [-0.4, -0.2) is 6.17 Å². The second kappa shape index (κ2) is 6.53. The lowest BCUT2D eigenvalue weighted by Gasteiger charge is -2.37. The van der Waals surface area contributed by atoms with E-state index in [2.05, 4.69) is 0 Å². The number of hydrogen-bond acceptors (Lipinski definition) is 0. The van der Waals surface area contributed by atoms with E-state index < -0.39 is 41.1 Å². The number of hydrogen-bond donors (Lipinski definition) is 0. The lowest BCUT2D eigenvalue weighted by atomic mass is 9.69. The van der Waals surface area contributed by atoms with Crippen molar-refractivity contribution >= 4 is 0 Å². The minimum atomic E-state index is -2.09. The molecule has 0 aliphatic heterocycles. The highest BCUT2D eigenvalue weighted by Gasteiger charge is 2.45. The summed E-state index contributed by atoms with van der Waals surface area (Å²) in [6.45, 7) is 11.0. The number of rotatable bonds is 4. The van der Waals surface area contributed by atoms with Crippen LogP contribution >= 0.6 is 0 Å². The Morgan fingerprint density at radius 3 is 1.95 bits per heavy atom. The van der Waals surface area contributed by atoms with Crippen LogP contribution in [0.5, 0.6) is 0 Å². The molecular weight excluding hydrogens is 280 g/mol. The Bertz CT molecular complexity index is 440. The molecule has 0 N–H and O–H groups in total. The van der Waals surface area contributed by atoms with Gasteiger partial charge >= 0.3 is 0 Å². The van der Waals surface area contributed by atoms with E-state index in [1.54, 1.807) is 0 Å². The van der Waals surface area contributed by atoms with Gasteiger partial charge in [0.1, 0.15) is 11.7 Å². The van der Waals surface area contributed by atoms with Crippen LogP contribution in [0.25, 0.3) is 0 Å². The lowest BCUT2D eigenvalue weighted by Crippen LogP contribution is -2.35. The van der Waals surface area contributed by atoms with Crippen LogP contribution in [-0.2, 0) is 0 Å². The Labute approximate surface area is 125 Å². The molecule has 0 fully saturated rings. The normalized spacial score (nSPS) is 25.9. The summed E-state index contributed by atoms with van der Waals surface area (Å²) < 4.78 is 56.8. The van der Waals surface area contributed by atoms with Crippen molar-refractivity contribution in [1.82, 2.24) is 0 Å². The van der Waals surface area contributed by atoms with E-state index in [4.69, 9.17) is 0 Å². The van der Waals surface area contributed by atoms with Crippen molar-refractivity contribution in [3.05, 3.63) is 23.1 Å². The first-order valence-electron chi connectivity index (χ1n) is 7.59. The van der Waals surface area contributed by atoms with Gasteiger partial charge in [-0.05, 0) is 30.1 Å². The highest BCUT2D eigenvalue weighted by molar-refractivity contribution is 5.38. The monoisotopic (exact) mass is 306 g/mol. The maximum Gasteiger partial charge on any atom is 0.161 e. The molecule has 0 saturated carbocycles. The highest BCUT2D eigenvalue weighted by Crippen LogP contribution is 2.47. The fourth-order valence-electron chi connectivity index (χ4n) is 3.06. The summed E-state index contributed by atoms with van der Waals surface area (Å²) in [6.07, 6.45) is -1.64. The molecule has 1 aliphatic rings. The number of alkyl halides is 1. The summed E-state index contributed by atoms with van der Waals surface area (Å²) in [5.41, 5.74) is -0.633. The summed E-state index contributed by atoms with van der Waals surface area (Å²) >= 11 is 0. The molecule has 0 saturated heterocycles. The Morgan fingerprint density at radius 2 is 1.57 bits per heavy atom. The van der Waals surface area contributed by atoms with Crippen LogP contribution < -0.4 is 0 Å². The molecule has 21 heavy (non-hydrogen) atoms. The summed E-state index contributed by atoms with van der Waals surface area (Å²) in [4.78, 5) is 0. The third-order valence-electron chi connectivity index (χ3n) is 4.13. The second-order valence-electron chi connectivity index (χ2n) is 7.44. The molecule has 0 heterocycles. The zero-order valence-electron chi connectivity index (χ0n) is 13.7. The fourth-order valence-corrected chi connectivity index (χ4v) is 3.06. The van der Waals surface area contributed by atoms with Crippen molar-refractivity contribution in [2.45, 2.75) is 60.6 Å². The van der Waals surface area contributed by atoms with Crippen LogP contribution in [0.15, 0.2) is 23.1 Å². The van der Waals surface area contributed by atoms with Crippen LogP contribution in [0, 0.1) is 23.2 Å². The van der Waals surface area contributed by atoms with E-state index in [9.17, 15) is 17.6 Å². The third kappa shape index (κ3) is 3.89. The molecule has 0 spiro atoms. The molecule has 3 atom stereocenters. The van der Waals surface area contributed by atoms with Crippen molar-refractivity contribution in [2.75, 3.05) is 0 Å². The van der Waals surface area contributed by atoms with Gasteiger partial charge in [0.2, 0.25) is 0 Å². The first-order chi connectivity index (χ1) is 9.51. The predicted molar refractivity (Wildman–Crippen MR) is 78.5 cm³/mol. The molecule has 0 bridgehead atoms. The zero-order valence-corrected chi connectivity index (χ0v) is 13.7. The standard InChI is InChI=1S/C17H26F4/c1-7-10-13(18)15(20)12(16(21)14(10)19)11(9(2)3)8-17(4,5)6/h9,11-12,15H,7-8H2,1-6H3. The molecule has 0 nitrogen and oxygen atoms in total. The van der Waals surface area contributed by atoms with E-state index in [1.807, 2.05) is 34.6 Å². The molecule has 1 rings (SSSR count). The third-order valence-corrected chi connectivity index (χ3v) is 4.13. The van der Waals surface area contributed by atoms with E-state index in [0.29, 0.717) is 6.42 Å². The first-order valence-corrected chi connectivity index (χ1v) is 7.59. The average molecular weight is 306 g/mol. The molecule has 122 valence electrons. The van der Waals surface area contributed by atoms with Crippen molar-refractivity contribution < 1.29 is 17.6 Å². The molecule has 4 heteroatoms. The summed E-state index contributed by atoms with van der Waals surface area (Å²) in [7, 11) is 0. The predicted octanol–water partition coefficient (Wildman–Crippen LogP) is 6.45. The molecule has 0 radical (unpaired) electrons. The first kappa shape index (κ1) is 18.2. The molecule has 1 aliphatic carbocycles. The maximum atomic E-state index is 14.4. The Hall–Kier alpha value is -0.800. The van der Waals surface area contributed by atoms with Gasteiger partial charge < -0.3 is 0 Å². The zero-order chi connectivity index (χ0) is 16.5. The summed E-state index contributed by atoms with van der Waals surface area (Å²) in [6, 6.07) is 0. The largest absolute Gasteiger partial charge is 0.239 e. The van der Waals surface area contributed by atoms with E-state index in [0.717, 1.165) is 0 Å². The van der Waals surface area contributed by atoms with Gasteiger partial charge in [0, 0.05) is 5.57 Å². The molecule has 0 aromatic heterocycles. The minimum Gasteiger partial charge on any atom is -0.239 e. The Balaban J connectivity index is 3.25. The number of allylic oxidation sites excluding steroid dienone is 4. The Morgan fingerprint density at radius 1 is 1.05 bits per heavy atom. The minimum absolute atomic E-state index is 0.0517. The van der Waals surface area contributed by atoms with Crippen LogP contribution in [0.2, 0.25) is 0 Å². The van der Waals surface area contributed by atoms with Gasteiger partial charge in [0.05, 0.1) is 5.92 Å². The summed E-state index contributed by atoms with van der Waals surface area (Å²) in [5, 5.41) is 0. The van der Waals surface area contributed by atoms with Gasteiger partial charge in [0.15, 0.2) is 12.0 Å². The van der Waals surface area contributed by atoms with Gasteiger partial charge in [-0.1, -0.05) is 41.5 Å². The summed E-state index contributed by atoms with van der Waals surface area (Å²) in [5.74, 6) is -5.34. The lowest BCUT2D eigenvalue weighted by molar-refractivity contribution is 0.100. The van der Waals surface area contributed by atoms with Crippen LogP contribution in [0.3, 0.4) is 0 Å². The topological polar surface area (TPSA) is 0 Å². The smallest absolute Gasteiger partial charge is 0.161 e. The molecular formula is C17H26F4. The maximum absolute atomic E-state index is 14.4. The Kier molecular flexibility index (Phi) is 5.68. The average Bonchev–Trinajstić information content (AvgIpc) is 2.34. The van der Waals surface area contributed by atoms with E-state index in [-0.39, 0.29) is 17.8 Å². The van der Waals surface area contributed by atoms with Crippen molar-refractivity contribution in [3.8, 4) is 0 Å². The van der Waals surface area contributed by atoms with Gasteiger partial charge in [0.25, 0.3) is 0 Å². The molecule has 0 aromatic carbocycles. The fraction of sp³-hybridized carbons (Fsp3) is 0.765. The highest BCUT2D eigenvalue weighted by atomic mass is 19.2. The van der Waals surface area contributed by atoms with Gasteiger partial charge in [-0.2, -0.15) is 0 Å². The van der Waals surface area contributed by atoms with Crippen molar-refractivity contribution in [2.24, 2.45) is 23.2 Å². The molecule has 3 unspecified atom stereocenters. The van der Waals surface area contributed by atoms with Crippen molar-refractivity contribution in [1.29, 1.82) is 0 Å². The SMILES string of the molecule is CCC1=C(F)C(F)C(C(CC(C)(C)C)C(C)C)C(F)=C1F. The van der Waals surface area contributed by atoms with E-state index in [1.165, 1.54) is 6.92 Å². The second-order valence-corrected chi connectivity index (χ2v) is 7.44. The van der Waals surface area contributed by atoms with Gasteiger partial charge in [-0.15, -0.1) is 0 Å². The number of halogens is 4. The van der Waals surface area contributed by atoms with Gasteiger partial charge in [-0.3, -0.25) is 0 Å². The van der Waals surface area contributed by atoms with Crippen LogP contribution in [0.1, 0.15) is 54.4 Å². The van der Waals surface area contributed by atoms with Crippen molar-refractivity contribution in [3.63, 3.8) is 0 Å². The van der Waals surface area contributed by atoms with Gasteiger partial charge in [-0.25, -0.2) is 17.6 Å². The van der Waals surface area contributed by atoms with E-state index >= 15 is 0 Å².